The molecule has 0 spiro atoms. The molecule has 1 aliphatic heterocycles. The first-order valence-electron chi connectivity index (χ1n) is 11.0. The van der Waals surface area contributed by atoms with Gasteiger partial charge in [-0.15, -0.1) is 0 Å². The van der Waals surface area contributed by atoms with Crippen LogP contribution < -0.4 is 9.64 Å². The van der Waals surface area contributed by atoms with E-state index in [1.165, 1.54) is 10.9 Å². The SMILES string of the molecule is CCc1cc2ccc(CCCN3CCN(c4ccc(C#N)cn4)CC3)cc2nc1OC. The zero-order valence-electron chi connectivity index (χ0n) is 18.3. The Hall–Kier alpha value is -3.17. The molecule has 1 aliphatic rings. The minimum absolute atomic E-state index is 0.607. The second-order valence-electron chi connectivity index (χ2n) is 7.99. The van der Waals surface area contributed by atoms with Gasteiger partial charge in [-0.3, -0.25) is 4.90 Å². The van der Waals surface area contributed by atoms with Crippen LogP contribution >= 0.6 is 0 Å². The fourth-order valence-electron chi connectivity index (χ4n) is 4.17. The number of nitriles is 1. The summed E-state index contributed by atoms with van der Waals surface area (Å²) in [5.74, 6) is 1.70. The van der Waals surface area contributed by atoms with Gasteiger partial charge >= 0.3 is 0 Å². The second-order valence-corrected chi connectivity index (χ2v) is 7.99. The van der Waals surface area contributed by atoms with Crippen LogP contribution in [0.1, 0.15) is 30.0 Å². The van der Waals surface area contributed by atoms with Gasteiger partial charge in [-0.2, -0.15) is 5.26 Å². The maximum absolute atomic E-state index is 8.92. The molecule has 1 fully saturated rings. The third-order valence-electron chi connectivity index (χ3n) is 6.01. The number of nitrogens with zero attached hydrogens (tertiary/aromatic N) is 5. The molecule has 6 nitrogen and oxygen atoms in total. The molecule has 0 atom stereocenters. The number of aromatic nitrogens is 2. The van der Waals surface area contributed by atoms with Crippen LogP contribution in [-0.2, 0) is 12.8 Å². The molecule has 0 aliphatic carbocycles. The molecular weight excluding hydrogens is 386 g/mol. The molecule has 0 radical (unpaired) electrons. The molecule has 1 aromatic carbocycles. The van der Waals surface area contributed by atoms with Gasteiger partial charge < -0.3 is 9.64 Å². The highest BCUT2D eigenvalue weighted by Gasteiger charge is 2.17. The smallest absolute Gasteiger partial charge is 0.216 e. The van der Waals surface area contributed by atoms with Gasteiger partial charge in [0.25, 0.3) is 0 Å². The Morgan fingerprint density at radius 1 is 1.10 bits per heavy atom. The monoisotopic (exact) mass is 415 g/mol. The molecule has 160 valence electrons. The molecule has 1 saturated heterocycles. The van der Waals surface area contributed by atoms with Crippen molar-refractivity contribution in [3.8, 4) is 11.9 Å². The predicted octanol–water partition coefficient (Wildman–Crippen LogP) is 3.83. The molecule has 0 unspecified atom stereocenters. The Bertz CT molecular complexity index is 1070. The Balaban J connectivity index is 1.28. The maximum Gasteiger partial charge on any atom is 0.216 e. The maximum atomic E-state index is 8.92. The number of rotatable bonds is 7. The Kier molecular flexibility index (Phi) is 6.63. The Morgan fingerprint density at radius 2 is 1.94 bits per heavy atom. The van der Waals surface area contributed by atoms with Gasteiger partial charge in [-0.05, 0) is 55.6 Å². The molecule has 0 bridgehead atoms. The summed E-state index contributed by atoms with van der Waals surface area (Å²) in [5.41, 5.74) is 4.09. The molecular formula is C25H29N5O. The summed E-state index contributed by atoms with van der Waals surface area (Å²) in [6.45, 7) is 7.24. The van der Waals surface area contributed by atoms with Crippen molar-refractivity contribution in [1.29, 1.82) is 5.26 Å². The summed E-state index contributed by atoms with van der Waals surface area (Å²) in [4.78, 5) is 13.9. The first-order chi connectivity index (χ1) is 15.2. The molecule has 0 N–H and O–H groups in total. The van der Waals surface area contributed by atoms with E-state index in [4.69, 9.17) is 15.0 Å². The molecule has 2 aromatic heterocycles. The number of aryl methyl sites for hydroxylation is 2. The standard InChI is InChI=1S/C25H29N5O/c1-3-21-16-22-8-6-19(15-23(22)28-25(21)31-2)5-4-10-29-11-13-30(14-12-29)24-9-7-20(17-26)18-27-24/h6-9,15-16,18H,3-5,10-14H2,1-2H3. The molecule has 6 heteroatoms. The summed E-state index contributed by atoms with van der Waals surface area (Å²) < 4.78 is 5.46. The summed E-state index contributed by atoms with van der Waals surface area (Å²) >= 11 is 0. The lowest BCUT2D eigenvalue weighted by Crippen LogP contribution is -2.47. The zero-order valence-corrected chi connectivity index (χ0v) is 18.3. The van der Waals surface area contributed by atoms with Crippen LogP contribution in [0.4, 0.5) is 5.82 Å². The van der Waals surface area contributed by atoms with Crippen LogP contribution in [0.5, 0.6) is 5.88 Å². The van der Waals surface area contributed by atoms with Crippen molar-refractivity contribution in [2.24, 2.45) is 0 Å². The van der Waals surface area contributed by atoms with Gasteiger partial charge in [0, 0.05) is 43.3 Å². The highest BCUT2D eigenvalue weighted by atomic mass is 16.5. The minimum atomic E-state index is 0.607. The Morgan fingerprint density at radius 3 is 2.61 bits per heavy atom. The van der Waals surface area contributed by atoms with Gasteiger partial charge in [-0.25, -0.2) is 9.97 Å². The van der Waals surface area contributed by atoms with Crippen LogP contribution in [0.15, 0.2) is 42.6 Å². The van der Waals surface area contributed by atoms with Crippen molar-refractivity contribution in [3.63, 3.8) is 0 Å². The number of pyridine rings is 2. The highest BCUT2D eigenvalue weighted by Crippen LogP contribution is 2.24. The van der Waals surface area contributed by atoms with Crippen molar-refractivity contribution in [3.05, 3.63) is 59.3 Å². The molecule has 0 saturated carbocycles. The van der Waals surface area contributed by atoms with Crippen molar-refractivity contribution < 1.29 is 4.74 Å². The predicted molar refractivity (Wildman–Crippen MR) is 124 cm³/mol. The van der Waals surface area contributed by atoms with Crippen molar-refractivity contribution >= 4 is 16.7 Å². The minimum Gasteiger partial charge on any atom is -0.481 e. The molecule has 31 heavy (non-hydrogen) atoms. The quantitative estimate of drug-likeness (QED) is 0.584. The number of fused-ring (bicyclic) bond motifs is 1. The lowest BCUT2D eigenvalue weighted by atomic mass is 10.0. The van der Waals surface area contributed by atoms with Gasteiger partial charge in [0.05, 0.1) is 18.2 Å². The molecule has 3 heterocycles. The zero-order chi connectivity index (χ0) is 21.6. The second kappa shape index (κ2) is 9.76. The summed E-state index contributed by atoms with van der Waals surface area (Å²) in [7, 11) is 1.69. The molecule has 3 aromatic rings. The van der Waals surface area contributed by atoms with Crippen molar-refractivity contribution in [1.82, 2.24) is 14.9 Å². The number of hydrogen-bond donors (Lipinski definition) is 0. The number of anilines is 1. The molecule has 0 amide bonds. The van der Waals surface area contributed by atoms with Gasteiger partial charge in [0.1, 0.15) is 11.9 Å². The summed E-state index contributed by atoms with van der Waals surface area (Å²) in [6, 6.07) is 14.7. The van der Waals surface area contributed by atoms with Crippen molar-refractivity contribution in [2.75, 3.05) is 44.7 Å². The van der Waals surface area contributed by atoms with E-state index in [9.17, 15) is 0 Å². The van der Waals surface area contributed by atoms with E-state index in [2.05, 4.69) is 52.0 Å². The van der Waals surface area contributed by atoms with Crippen LogP contribution in [0, 0.1) is 11.3 Å². The third-order valence-corrected chi connectivity index (χ3v) is 6.01. The molecule has 4 rings (SSSR count). The number of hydrogen-bond acceptors (Lipinski definition) is 6. The lowest BCUT2D eigenvalue weighted by molar-refractivity contribution is 0.254. The first-order valence-corrected chi connectivity index (χ1v) is 11.0. The van der Waals surface area contributed by atoms with E-state index in [0.29, 0.717) is 5.56 Å². The van der Waals surface area contributed by atoms with Crippen LogP contribution in [-0.4, -0.2) is 54.7 Å². The fraction of sp³-hybridized carbons (Fsp3) is 0.400. The lowest BCUT2D eigenvalue weighted by Gasteiger charge is -2.35. The normalized spacial score (nSPS) is 14.5. The van der Waals surface area contributed by atoms with Crippen LogP contribution in [0.3, 0.4) is 0 Å². The van der Waals surface area contributed by atoms with Gasteiger partial charge in [-0.1, -0.05) is 19.1 Å². The van der Waals surface area contributed by atoms with E-state index in [1.807, 2.05) is 12.1 Å². The topological polar surface area (TPSA) is 65.3 Å². The average Bonchev–Trinajstić information content (AvgIpc) is 2.83. The number of ether oxygens (including phenoxy) is 1. The van der Waals surface area contributed by atoms with E-state index >= 15 is 0 Å². The van der Waals surface area contributed by atoms with E-state index < -0.39 is 0 Å². The average molecular weight is 416 g/mol. The fourth-order valence-corrected chi connectivity index (χ4v) is 4.17. The number of piperazine rings is 1. The Labute approximate surface area is 184 Å². The van der Waals surface area contributed by atoms with E-state index in [0.717, 1.165) is 74.8 Å². The van der Waals surface area contributed by atoms with Gasteiger partial charge in [0.2, 0.25) is 5.88 Å². The first kappa shape index (κ1) is 21.1. The summed E-state index contributed by atoms with van der Waals surface area (Å²) in [6.07, 6.45) is 4.75. The van der Waals surface area contributed by atoms with Crippen LogP contribution in [0.25, 0.3) is 10.9 Å². The number of benzene rings is 1. The number of methoxy groups -OCH3 is 1. The van der Waals surface area contributed by atoms with Crippen LogP contribution in [0.2, 0.25) is 0 Å². The highest BCUT2D eigenvalue weighted by molar-refractivity contribution is 5.80. The summed E-state index contributed by atoms with van der Waals surface area (Å²) in [5, 5.41) is 10.1. The third kappa shape index (κ3) is 4.95. The van der Waals surface area contributed by atoms with Crippen molar-refractivity contribution in [2.45, 2.75) is 26.2 Å². The van der Waals surface area contributed by atoms with E-state index in [-0.39, 0.29) is 0 Å². The largest absolute Gasteiger partial charge is 0.481 e. The van der Waals surface area contributed by atoms with Gasteiger partial charge in [0.15, 0.2) is 0 Å². The van der Waals surface area contributed by atoms with E-state index in [1.54, 1.807) is 13.3 Å².